The van der Waals surface area contributed by atoms with E-state index in [1.54, 1.807) is 32.7 Å². The SMILES string of the molecule is CC(=O)N1CCN(C(=O)c2cccn2CC(=O)Nc2cc(C)cc(C)c2)CC1. The Balaban J connectivity index is 1.64. The molecule has 0 bridgehead atoms. The molecular weight excluding hydrogens is 356 g/mol. The molecule has 7 nitrogen and oxygen atoms in total. The molecule has 0 unspecified atom stereocenters. The van der Waals surface area contributed by atoms with Gasteiger partial charge in [-0.05, 0) is 49.2 Å². The van der Waals surface area contributed by atoms with Crippen molar-refractivity contribution in [3.05, 3.63) is 53.3 Å². The summed E-state index contributed by atoms with van der Waals surface area (Å²) >= 11 is 0. The second kappa shape index (κ2) is 8.29. The molecule has 2 aromatic rings. The van der Waals surface area contributed by atoms with E-state index in [-0.39, 0.29) is 24.3 Å². The molecule has 2 heterocycles. The minimum Gasteiger partial charge on any atom is -0.339 e. The van der Waals surface area contributed by atoms with Gasteiger partial charge in [-0.2, -0.15) is 0 Å². The topological polar surface area (TPSA) is 74.7 Å². The number of piperazine rings is 1. The third-order valence-corrected chi connectivity index (χ3v) is 4.88. The summed E-state index contributed by atoms with van der Waals surface area (Å²) in [5.41, 5.74) is 3.39. The van der Waals surface area contributed by atoms with Gasteiger partial charge in [-0.25, -0.2) is 0 Å². The van der Waals surface area contributed by atoms with E-state index in [0.29, 0.717) is 31.9 Å². The molecule has 1 aromatic heterocycles. The maximum absolute atomic E-state index is 12.9. The van der Waals surface area contributed by atoms with E-state index in [1.165, 1.54) is 6.92 Å². The Morgan fingerprint density at radius 2 is 1.57 bits per heavy atom. The highest BCUT2D eigenvalue weighted by Gasteiger charge is 2.25. The van der Waals surface area contributed by atoms with Gasteiger partial charge in [-0.1, -0.05) is 6.07 Å². The summed E-state index contributed by atoms with van der Waals surface area (Å²) in [5, 5.41) is 2.90. The van der Waals surface area contributed by atoms with E-state index in [0.717, 1.165) is 16.8 Å². The van der Waals surface area contributed by atoms with E-state index in [9.17, 15) is 14.4 Å². The summed E-state index contributed by atoms with van der Waals surface area (Å²) in [4.78, 5) is 40.2. The zero-order chi connectivity index (χ0) is 20.3. The zero-order valence-corrected chi connectivity index (χ0v) is 16.6. The van der Waals surface area contributed by atoms with Crippen LogP contribution in [0, 0.1) is 13.8 Å². The van der Waals surface area contributed by atoms with Gasteiger partial charge in [0.1, 0.15) is 12.2 Å². The Hall–Kier alpha value is -3.09. The molecule has 1 fully saturated rings. The Morgan fingerprint density at radius 1 is 0.964 bits per heavy atom. The number of nitrogens with zero attached hydrogens (tertiary/aromatic N) is 3. The predicted octanol–water partition coefficient (Wildman–Crippen LogP) is 2.05. The highest BCUT2D eigenvalue weighted by Crippen LogP contribution is 2.15. The normalized spacial score (nSPS) is 14.1. The van der Waals surface area contributed by atoms with E-state index in [4.69, 9.17) is 0 Å². The van der Waals surface area contributed by atoms with Gasteiger partial charge in [0.15, 0.2) is 0 Å². The molecule has 0 radical (unpaired) electrons. The molecule has 148 valence electrons. The number of rotatable bonds is 4. The summed E-state index contributed by atoms with van der Waals surface area (Å²) < 4.78 is 1.66. The average molecular weight is 382 g/mol. The Kier molecular flexibility index (Phi) is 5.82. The fourth-order valence-electron chi connectivity index (χ4n) is 3.53. The highest BCUT2D eigenvalue weighted by molar-refractivity contribution is 5.95. The molecule has 1 aliphatic rings. The standard InChI is InChI=1S/C21H26N4O3/c1-15-11-16(2)13-18(12-15)22-20(27)14-25-6-4-5-19(25)21(28)24-9-7-23(8-10-24)17(3)26/h4-6,11-13H,7-10,14H2,1-3H3,(H,22,27). The fourth-order valence-corrected chi connectivity index (χ4v) is 3.53. The monoisotopic (exact) mass is 382 g/mol. The van der Waals surface area contributed by atoms with Crippen LogP contribution >= 0.6 is 0 Å². The lowest BCUT2D eigenvalue weighted by atomic mass is 10.1. The number of aryl methyl sites for hydroxylation is 2. The van der Waals surface area contributed by atoms with E-state index in [2.05, 4.69) is 5.32 Å². The molecule has 3 rings (SSSR count). The first-order chi connectivity index (χ1) is 13.3. The van der Waals surface area contributed by atoms with Crippen molar-refractivity contribution in [1.82, 2.24) is 14.4 Å². The van der Waals surface area contributed by atoms with Crippen molar-refractivity contribution in [1.29, 1.82) is 0 Å². The van der Waals surface area contributed by atoms with E-state index < -0.39 is 0 Å². The van der Waals surface area contributed by atoms with E-state index in [1.807, 2.05) is 32.0 Å². The number of hydrogen-bond acceptors (Lipinski definition) is 3. The van der Waals surface area contributed by atoms with Crippen molar-refractivity contribution in [3.8, 4) is 0 Å². The fraction of sp³-hybridized carbons (Fsp3) is 0.381. The number of nitrogens with one attached hydrogen (secondary N) is 1. The van der Waals surface area contributed by atoms with Crippen molar-refractivity contribution in [2.75, 3.05) is 31.5 Å². The van der Waals surface area contributed by atoms with Crippen LogP contribution in [-0.4, -0.2) is 58.3 Å². The van der Waals surface area contributed by atoms with Crippen LogP contribution in [0.25, 0.3) is 0 Å². The zero-order valence-electron chi connectivity index (χ0n) is 16.6. The van der Waals surface area contributed by atoms with Crippen LogP contribution < -0.4 is 5.32 Å². The lowest BCUT2D eigenvalue weighted by Gasteiger charge is -2.34. The molecular formula is C21H26N4O3. The third-order valence-electron chi connectivity index (χ3n) is 4.88. The average Bonchev–Trinajstić information content (AvgIpc) is 3.08. The van der Waals surface area contributed by atoms with Crippen molar-refractivity contribution in [2.45, 2.75) is 27.3 Å². The van der Waals surface area contributed by atoms with Gasteiger partial charge in [-0.15, -0.1) is 0 Å². The molecule has 1 N–H and O–H groups in total. The summed E-state index contributed by atoms with van der Waals surface area (Å²) in [5.74, 6) is -0.275. The lowest BCUT2D eigenvalue weighted by molar-refractivity contribution is -0.130. The van der Waals surface area contributed by atoms with Crippen LogP contribution in [0.15, 0.2) is 36.5 Å². The molecule has 7 heteroatoms. The Morgan fingerprint density at radius 3 is 2.18 bits per heavy atom. The van der Waals surface area contributed by atoms with Gasteiger partial charge in [-0.3, -0.25) is 14.4 Å². The summed E-state index contributed by atoms with van der Waals surface area (Å²) in [6.45, 7) is 7.64. The van der Waals surface area contributed by atoms with Crippen LogP contribution in [0.3, 0.4) is 0 Å². The summed E-state index contributed by atoms with van der Waals surface area (Å²) in [6.07, 6.45) is 1.74. The number of amides is 3. The first-order valence-corrected chi connectivity index (χ1v) is 9.41. The molecule has 1 aromatic carbocycles. The lowest BCUT2D eigenvalue weighted by Crippen LogP contribution is -2.50. The van der Waals surface area contributed by atoms with Crippen LogP contribution in [0.5, 0.6) is 0 Å². The van der Waals surface area contributed by atoms with Crippen molar-refractivity contribution < 1.29 is 14.4 Å². The number of benzene rings is 1. The van der Waals surface area contributed by atoms with Crippen LogP contribution in [-0.2, 0) is 16.1 Å². The van der Waals surface area contributed by atoms with Crippen molar-refractivity contribution >= 4 is 23.4 Å². The second-order valence-corrected chi connectivity index (χ2v) is 7.24. The number of hydrogen-bond donors (Lipinski definition) is 1. The first-order valence-electron chi connectivity index (χ1n) is 9.41. The number of carbonyl (C=O) groups is 3. The second-order valence-electron chi connectivity index (χ2n) is 7.24. The number of aromatic nitrogens is 1. The Labute approximate surface area is 164 Å². The number of anilines is 1. The van der Waals surface area contributed by atoms with Gasteiger partial charge in [0.05, 0.1) is 0 Å². The minimum absolute atomic E-state index is 0.0264. The predicted molar refractivity (Wildman–Crippen MR) is 107 cm³/mol. The first kappa shape index (κ1) is 19.7. The molecule has 28 heavy (non-hydrogen) atoms. The molecule has 1 saturated heterocycles. The Bertz CT molecular complexity index is 875. The minimum atomic E-state index is -0.184. The van der Waals surface area contributed by atoms with Gasteiger partial charge < -0.3 is 19.7 Å². The van der Waals surface area contributed by atoms with Crippen LogP contribution in [0.1, 0.15) is 28.5 Å². The molecule has 1 aliphatic heterocycles. The highest BCUT2D eigenvalue weighted by atomic mass is 16.2. The molecule has 0 saturated carbocycles. The summed E-state index contributed by atoms with van der Waals surface area (Å²) in [7, 11) is 0. The molecule has 3 amide bonds. The van der Waals surface area contributed by atoms with Gasteiger partial charge in [0.2, 0.25) is 11.8 Å². The molecule has 0 aliphatic carbocycles. The van der Waals surface area contributed by atoms with Crippen LogP contribution in [0.4, 0.5) is 5.69 Å². The van der Waals surface area contributed by atoms with Gasteiger partial charge in [0.25, 0.3) is 5.91 Å². The third kappa shape index (κ3) is 4.60. The van der Waals surface area contributed by atoms with Crippen molar-refractivity contribution in [3.63, 3.8) is 0 Å². The number of carbonyl (C=O) groups excluding carboxylic acids is 3. The van der Waals surface area contributed by atoms with Gasteiger partial charge >= 0.3 is 0 Å². The van der Waals surface area contributed by atoms with Crippen LogP contribution in [0.2, 0.25) is 0 Å². The van der Waals surface area contributed by atoms with Gasteiger partial charge in [0, 0.05) is 45.0 Å². The summed E-state index contributed by atoms with van der Waals surface area (Å²) in [6, 6.07) is 9.37. The largest absolute Gasteiger partial charge is 0.339 e. The molecule has 0 atom stereocenters. The maximum atomic E-state index is 12.9. The molecule has 0 spiro atoms. The maximum Gasteiger partial charge on any atom is 0.270 e. The quantitative estimate of drug-likeness (QED) is 0.879. The van der Waals surface area contributed by atoms with Crippen molar-refractivity contribution in [2.24, 2.45) is 0 Å². The van der Waals surface area contributed by atoms with E-state index >= 15 is 0 Å². The smallest absolute Gasteiger partial charge is 0.270 e.